The van der Waals surface area contributed by atoms with E-state index >= 15 is 0 Å². The van der Waals surface area contributed by atoms with E-state index in [4.69, 9.17) is 0 Å². The number of carbonyl (C=O) groups excluding carboxylic acids is 1. The maximum absolute atomic E-state index is 10.5. The van der Waals surface area contributed by atoms with E-state index in [1.165, 1.54) is 6.20 Å². The predicted molar refractivity (Wildman–Crippen MR) is 51.9 cm³/mol. The molecule has 0 aliphatic carbocycles. The van der Waals surface area contributed by atoms with Gasteiger partial charge in [0.1, 0.15) is 5.82 Å². The monoisotopic (exact) mass is 187 g/mol. The number of aldehydes is 1. The van der Waals surface area contributed by atoms with E-state index in [0.717, 1.165) is 17.4 Å². The van der Waals surface area contributed by atoms with Crippen LogP contribution in [-0.2, 0) is 0 Å². The van der Waals surface area contributed by atoms with Crippen molar-refractivity contribution in [1.82, 2.24) is 15.0 Å². The van der Waals surface area contributed by atoms with E-state index < -0.39 is 0 Å². The fraction of sp³-hybridized carbons (Fsp3) is 0.100. The molecule has 0 saturated carbocycles. The van der Waals surface area contributed by atoms with Crippen LogP contribution in [0.4, 0.5) is 0 Å². The molecule has 0 saturated heterocycles. The molecule has 2 aromatic heterocycles. The van der Waals surface area contributed by atoms with Crippen molar-refractivity contribution >= 4 is 6.29 Å². The van der Waals surface area contributed by atoms with Gasteiger partial charge in [-0.2, -0.15) is 0 Å². The van der Waals surface area contributed by atoms with Crippen molar-refractivity contribution in [2.24, 2.45) is 0 Å². The van der Waals surface area contributed by atoms with Gasteiger partial charge >= 0.3 is 0 Å². The van der Waals surface area contributed by atoms with Crippen LogP contribution in [0.25, 0.3) is 11.4 Å². The van der Waals surface area contributed by atoms with Crippen molar-refractivity contribution in [1.29, 1.82) is 0 Å². The summed E-state index contributed by atoms with van der Waals surface area (Å²) < 4.78 is 0. The minimum atomic E-state index is 0.483. The number of hydrogen-bond acceptors (Lipinski definition) is 3. The fourth-order valence-corrected chi connectivity index (χ4v) is 1.27. The molecule has 0 atom stereocenters. The molecule has 0 unspecified atom stereocenters. The molecule has 2 rings (SSSR count). The van der Waals surface area contributed by atoms with Crippen LogP contribution < -0.4 is 0 Å². The second-order valence-electron chi connectivity index (χ2n) is 3.00. The van der Waals surface area contributed by atoms with E-state index in [1.807, 2.05) is 13.0 Å². The number of aromatic amines is 1. The Kier molecular flexibility index (Phi) is 2.10. The third-order valence-corrected chi connectivity index (χ3v) is 2.00. The molecule has 0 aliphatic rings. The highest BCUT2D eigenvalue weighted by Gasteiger charge is 2.04. The fourth-order valence-electron chi connectivity index (χ4n) is 1.27. The molecule has 0 aliphatic heterocycles. The first-order valence-electron chi connectivity index (χ1n) is 4.22. The molecule has 2 aromatic rings. The molecule has 0 radical (unpaired) electrons. The number of imidazole rings is 1. The van der Waals surface area contributed by atoms with Crippen molar-refractivity contribution < 1.29 is 4.79 Å². The van der Waals surface area contributed by atoms with Crippen molar-refractivity contribution in [2.75, 3.05) is 0 Å². The first-order chi connectivity index (χ1) is 6.81. The van der Waals surface area contributed by atoms with Gasteiger partial charge in [0.2, 0.25) is 0 Å². The van der Waals surface area contributed by atoms with Crippen LogP contribution in [0.1, 0.15) is 16.1 Å². The van der Waals surface area contributed by atoms with E-state index in [2.05, 4.69) is 15.0 Å². The number of aromatic nitrogens is 3. The number of hydrogen-bond donors (Lipinski definition) is 1. The highest BCUT2D eigenvalue weighted by atomic mass is 16.1. The molecule has 0 aromatic carbocycles. The summed E-state index contributed by atoms with van der Waals surface area (Å²) >= 11 is 0. The van der Waals surface area contributed by atoms with Crippen LogP contribution >= 0.6 is 0 Å². The number of nitrogens with zero attached hydrogens (tertiary/aromatic N) is 2. The smallest absolute Gasteiger partial charge is 0.167 e. The molecule has 4 heteroatoms. The number of H-pyrrole nitrogens is 1. The Balaban J connectivity index is 2.49. The minimum Gasteiger partial charge on any atom is -0.336 e. The highest BCUT2D eigenvalue weighted by Crippen LogP contribution is 2.18. The molecular weight excluding hydrogens is 178 g/mol. The first-order valence-corrected chi connectivity index (χ1v) is 4.22. The summed E-state index contributed by atoms with van der Waals surface area (Å²) in [5, 5.41) is 0. The summed E-state index contributed by atoms with van der Waals surface area (Å²) in [6, 6.07) is 1.86. The molecule has 14 heavy (non-hydrogen) atoms. The first kappa shape index (κ1) is 8.62. The second kappa shape index (κ2) is 3.41. The van der Waals surface area contributed by atoms with Gasteiger partial charge < -0.3 is 4.98 Å². The van der Waals surface area contributed by atoms with Gasteiger partial charge in [-0.05, 0) is 18.6 Å². The largest absolute Gasteiger partial charge is 0.336 e. The SMILES string of the molecule is Cc1cnccc1-c1ncc(C=O)[nH]1. The third-order valence-electron chi connectivity index (χ3n) is 2.00. The summed E-state index contributed by atoms with van der Waals surface area (Å²) in [4.78, 5) is 21.5. The third kappa shape index (κ3) is 1.42. The zero-order chi connectivity index (χ0) is 9.97. The lowest BCUT2D eigenvalue weighted by atomic mass is 10.1. The number of nitrogens with one attached hydrogen (secondary N) is 1. The number of carbonyl (C=O) groups is 1. The Morgan fingerprint density at radius 2 is 2.29 bits per heavy atom. The van der Waals surface area contributed by atoms with Gasteiger partial charge in [0, 0.05) is 18.0 Å². The highest BCUT2D eigenvalue weighted by molar-refractivity contribution is 5.73. The standard InChI is InChI=1S/C10H9N3O/c1-7-4-11-3-2-9(7)10-12-5-8(6-14)13-10/h2-6H,1H3,(H,12,13). The van der Waals surface area contributed by atoms with Gasteiger partial charge in [-0.25, -0.2) is 4.98 Å². The molecule has 70 valence electrons. The Hall–Kier alpha value is -1.97. The van der Waals surface area contributed by atoms with Gasteiger partial charge in [0.25, 0.3) is 0 Å². The Morgan fingerprint density at radius 3 is 2.93 bits per heavy atom. The topological polar surface area (TPSA) is 58.6 Å². The molecule has 2 heterocycles. The maximum atomic E-state index is 10.5. The summed E-state index contributed by atoms with van der Waals surface area (Å²) in [6.45, 7) is 1.95. The Labute approximate surface area is 81.0 Å². The average Bonchev–Trinajstić information content (AvgIpc) is 2.67. The molecule has 4 nitrogen and oxygen atoms in total. The summed E-state index contributed by atoms with van der Waals surface area (Å²) in [7, 11) is 0. The summed E-state index contributed by atoms with van der Waals surface area (Å²) in [6.07, 6.45) is 5.72. The van der Waals surface area contributed by atoms with Gasteiger partial charge in [0.05, 0.1) is 11.9 Å². The lowest BCUT2D eigenvalue weighted by Crippen LogP contribution is -1.86. The zero-order valence-corrected chi connectivity index (χ0v) is 7.69. The predicted octanol–water partition coefficient (Wildman–Crippen LogP) is 1.59. The Bertz CT molecular complexity index is 462. The Morgan fingerprint density at radius 1 is 1.43 bits per heavy atom. The minimum absolute atomic E-state index is 0.483. The van der Waals surface area contributed by atoms with E-state index in [0.29, 0.717) is 11.5 Å². The van der Waals surface area contributed by atoms with Crippen LogP contribution in [0.3, 0.4) is 0 Å². The van der Waals surface area contributed by atoms with Gasteiger partial charge in [-0.15, -0.1) is 0 Å². The number of rotatable bonds is 2. The molecule has 0 amide bonds. The molecule has 1 N–H and O–H groups in total. The van der Waals surface area contributed by atoms with Crippen LogP contribution in [-0.4, -0.2) is 21.2 Å². The summed E-state index contributed by atoms with van der Waals surface area (Å²) in [5.41, 5.74) is 2.48. The van der Waals surface area contributed by atoms with Crippen molar-refractivity contribution in [2.45, 2.75) is 6.92 Å². The summed E-state index contributed by atoms with van der Waals surface area (Å²) in [5.74, 6) is 0.701. The van der Waals surface area contributed by atoms with Crippen molar-refractivity contribution in [3.63, 3.8) is 0 Å². The van der Waals surface area contributed by atoms with Crippen molar-refractivity contribution in [3.05, 3.63) is 35.9 Å². The van der Waals surface area contributed by atoms with Gasteiger partial charge in [-0.3, -0.25) is 9.78 Å². The van der Waals surface area contributed by atoms with E-state index in [1.54, 1.807) is 12.4 Å². The van der Waals surface area contributed by atoms with Crippen LogP contribution in [0.5, 0.6) is 0 Å². The second-order valence-corrected chi connectivity index (χ2v) is 3.00. The van der Waals surface area contributed by atoms with E-state index in [9.17, 15) is 4.79 Å². The molecule has 0 fully saturated rings. The number of pyridine rings is 1. The number of aryl methyl sites for hydroxylation is 1. The quantitative estimate of drug-likeness (QED) is 0.726. The van der Waals surface area contributed by atoms with Crippen LogP contribution in [0, 0.1) is 6.92 Å². The molecular formula is C10H9N3O. The van der Waals surface area contributed by atoms with Crippen LogP contribution in [0.15, 0.2) is 24.7 Å². The molecule has 0 bridgehead atoms. The maximum Gasteiger partial charge on any atom is 0.167 e. The molecule has 0 spiro atoms. The normalized spacial score (nSPS) is 10.1. The van der Waals surface area contributed by atoms with Crippen LogP contribution in [0.2, 0.25) is 0 Å². The van der Waals surface area contributed by atoms with E-state index in [-0.39, 0.29) is 0 Å². The van der Waals surface area contributed by atoms with Crippen molar-refractivity contribution in [3.8, 4) is 11.4 Å². The van der Waals surface area contributed by atoms with Gasteiger partial charge in [0.15, 0.2) is 6.29 Å². The zero-order valence-electron chi connectivity index (χ0n) is 7.69. The lowest BCUT2D eigenvalue weighted by molar-refractivity contribution is 0.111. The van der Waals surface area contributed by atoms with Gasteiger partial charge in [-0.1, -0.05) is 0 Å². The average molecular weight is 187 g/mol. The lowest BCUT2D eigenvalue weighted by Gasteiger charge is -1.99.